The SMILES string of the molecule is COC(=O)C(NC(=O)OC(C)(C)C)C1(O)CCS(=O)(=O)C1. The molecule has 1 aliphatic heterocycles. The van der Waals surface area contributed by atoms with Crippen LogP contribution in [0.3, 0.4) is 0 Å². The van der Waals surface area contributed by atoms with E-state index in [1.807, 2.05) is 0 Å². The van der Waals surface area contributed by atoms with Crippen LogP contribution in [0.5, 0.6) is 0 Å². The number of carbonyl (C=O) groups excluding carboxylic acids is 2. The van der Waals surface area contributed by atoms with Gasteiger partial charge in [-0.1, -0.05) is 0 Å². The van der Waals surface area contributed by atoms with Gasteiger partial charge >= 0.3 is 12.1 Å². The fourth-order valence-corrected chi connectivity index (χ4v) is 3.92. The van der Waals surface area contributed by atoms with Crippen LogP contribution in [-0.4, -0.2) is 61.4 Å². The molecule has 2 N–H and O–H groups in total. The summed E-state index contributed by atoms with van der Waals surface area (Å²) in [5.74, 6) is -1.80. The standard InChI is InChI=1S/C12H21NO7S/c1-11(2,3)20-10(15)13-8(9(14)19-4)12(16)5-6-21(17,18)7-12/h8,16H,5-7H2,1-4H3,(H,13,15). The van der Waals surface area contributed by atoms with Gasteiger partial charge in [-0.3, -0.25) is 0 Å². The number of nitrogens with one attached hydrogen (secondary N) is 1. The van der Waals surface area contributed by atoms with E-state index in [4.69, 9.17) is 4.74 Å². The maximum Gasteiger partial charge on any atom is 0.408 e. The Balaban J connectivity index is 2.93. The molecule has 1 aliphatic rings. The molecule has 0 aliphatic carbocycles. The smallest absolute Gasteiger partial charge is 0.408 e. The summed E-state index contributed by atoms with van der Waals surface area (Å²) in [6.45, 7) is 4.90. The third-order valence-corrected chi connectivity index (χ3v) is 4.72. The molecule has 0 radical (unpaired) electrons. The van der Waals surface area contributed by atoms with Crippen LogP contribution < -0.4 is 5.32 Å². The number of carbonyl (C=O) groups is 2. The maximum atomic E-state index is 11.8. The molecule has 1 amide bonds. The van der Waals surface area contributed by atoms with Crippen molar-refractivity contribution >= 4 is 21.9 Å². The van der Waals surface area contributed by atoms with Crippen LogP contribution in [-0.2, 0) is 24.1 Å². The van der Waals surface area contributed by atoms with Crippen molar-refractivity contribution in [1.29, 1.82) is 0 Å². The topological polar surface area (TPSA) is 119 Å². The molecule has 1 heterocycles. The highest BCUT2D eigenvalue weighted by molar-refractivity contribution is 7.91. The second kappa shape index (κ2) is 5.80. The number of methoxy groups -OCH3 is 1. The lowest BCUT2D eigenvalue weighted by molar-refractivity contribution is -0.149. The molecule has 0 aromatic rings. The van der Waals surface area contributed by atoms with E-state index in [9.17, 15) is 23.1 Å². The van der Waals surface area contributed by atoms with Gasteiger partial charge in [-0.25, -0.2) is 18.0 Å². The number of hydrogen-bond acceptors (Lipinski definition) is 7. The largest absolute Gasteiger partial charge is 0.467 e. The first-order chi connectivity index (χ1) is 9.38. The number of esters is 1. The lowest BCUT2D eigenvalue weighted by atomic mass is 9.93. The third kappa shape index (κ3) is 4.85. The van der Waals surface area contributed by atoms with Crippen LogP contribution in [0.2, 0.25) is 0 Å². The molecular weight excluding hydrogens is 302 g/mol. The molecular formula is C12H21NO7S. The molecule has 2 unspecified atom stereocenters. The van der Waals surface area contributed by atoms with Gasteiger partial charge in [0.1, 0.15) is 11.2 Å². The van der Waals surface area contributed by atoms with Gasteiger partial charge in [0.2, 0.25) is 0 Å². The second-order valence-corrected chi connectivity index (χ2v) is 8.23. The Labute approximate surface area is 123 Å². The highest BCUT2D eigenvalue weighted by Crippen LogP contribution is 2.27. The molecule has 8 nitrogen and oxygen atoms in total. The van der Waals surface area contributed by atoms with E-state index >= 15 is 0 Å². The fourth-order valence-electron chi connectivity index (χ4n) is 2.04. The second-order valence-electron chi connectivity index (χ2n) is 6.05. The first kappa shape index (κ1) is 17.7. The monoisotopic (exact) mass is 323 g/mol. The number of alkyl carbamates (subject to hydrolysis) is 1. The van der Waals surface area contributed by atoms with Gasteiger partial charge in [-0.15, -0.1) is 0 Å². The summed E-state index contributed by atoms with van der Waals surface area (Å²) in [5.41, 5.74) is -2.70. The summed E-state index contributed by atoms with van der Waals surface area (Å²) in [6.07, 6.45) is -1.10. The lowest BCUT2D eigenvalue weighted by Crippen LogP contribution is -2.58. The number of sulfone groups is 1. The van der Waals surface area contributed by atoms with E-state index in [0.29, 0.717) is 0 Å². The normalized spacial score (nSPS) is 26.0. The molecule has 21 heavy (non-hydrogen) atoms. The molecule has 1 rings (SSSR count). The van der Waals surface area contributed by atoms with Crippen LogP contribution in [0.1, 0.15) is 27.2 Å². The summed E-state index contributed by atoms with van der Waals surface area (Å²) in [7, 11) is -2.38. The van der Waals surface area contributed by atoms with Gasteiger partial charge in [0.25, 0.3) is 0 Å². The van der Waals surface area contributed by atoms with Gasteiger partial charge in [0.15, 0.2) is 15.9 Å². The van der Waals surface area contributed by atoms with E-state index in [-0.39, 0.29) is 12.2 Å². The van der Waals surface area contributed by atoms with Gasteiger partial charge in [-0.2, -0.15) is 0 Å². The minimum atomic E-state index is -3.46. The van der Waals surface area contributed by atoms with Gasteiger partial charge in [-0.05, 0) is 27.2 Å². The quantitative estimate of drug-likeness (QED) is 0.678. The van der Waals surface area contributed by atoms with Crippen LogP contribution in [0.4, 0.5) is 4.79 Å². The number of rotatable bonds is 3. The highest BCUT2D eigenvalue weighted by Gasteiger charge is 2.51. The van der Waals surface area contributed by atoms with Crippen molar-refractivity contribution in [3.05, 3.63) is 0 Å². The number of ether oxygens (including phenoxy) is 2. The molecule has 0 bridgehead atoms. The number of hydrogen-bond donors (Lipinski definition) is 2. The Morgan fingerprint density at radius 2 is 1.90 bits per heavy atom. The van der Waals surface area contributed by atoms with Gasteiger partial charge in [0, 0.05) is 0 Å². The average molecular weight is 323 g/mol. The zero-order chi connectivity index (χ0) is 16.5. The molecule has 0 aromatic heterocycles. The fraction of sp³-hybridized carbons (Fsp3) is 0.833. The van der Waals surface area contributed by atoms with Gasteiger partial charge in [0.05, 0.1) is 18.6 Å². The van der Waals surface area contributed by atoms with Crippen LogP contribution >= 0.6 is 0 Å². The zero-order valence-electron chi connectivity index (χ0n) is 12.5. The Bertz CT molecular complexity index is 522. The van der Waals surface area contributed by atoms with Crippen molar-refractivity contribution in [3.63, 3.8) is 0 Å². The number of aliphatic hydroxyl groups is 1. The van der Waals surface area contributed by atoms with Crippen LogP contribution in [0, 0.1) is 0 Å². The van der Waals surface area contributed by atoms with Crippen molar-refractivity contribution in [3.8, 4) is 0 Å². The molecule has 0 aromatic carbocycles. The summed E-state index contributed by atoms with van der Waals surface area (Å²) in [5, 5.41) is 12.6. The van der Waals surface area contributed by atoms with Crippen LogP contribution in [0.25, 0.3) is 0 Å². The first-order valence-corrected chi connectivity index (χ1v) is 8.21. The van der Waals surface area contributed by atoms with Crippen molar-refractivity contribution < 1.29 is 32.6 Å². The predicted molar refractivity (Wildman–Crippen MR) is 73.4 cm³/mol. The third-order valence-electron chi connectivity index (χ3n) is 2.95. The molecule has 9 heteroatoms. The Kier molecular flexibility index (Phi) is 4.89. The van der Waals surface area contributed by atoms with E-state index < -0.39 is 44.9 Å². The minimum Gasteiger partial charge on any atom is -0.467 e. The van der Waals surface area contributed by atoms with E-state index in [2.05, 4.69) is 10.1 Å². The predicted octanol–water partition coefficient (Wildman–Crippen LogP) is -0.398. The Morgan fingerprint density at radius 1 is 1.33 bits per heavy atom. The van der Waals surface area contributed by atoms with E-state index in [1.165, 1.54) is 0 Å². The molecule has 122 valence electrons. The van der Waals surface area contributed by atoms with Crippen molar-refractivity contribution in [2.45, 2.75) is 44.4 Å². The Hall–Kier alpha value is -1.35. The summed E-state index contributed by atoms with van der Waals surface area (Å²) >= 11 is 0. The molecule has 1 saturated heterocycles. The lowest BCUT2D eigenvalue weighted by Gasteiger charge is -2.30. The average Bonchev–Trinajstić information content (AvgIpc) is 2.58. The van der Waals surface area contributed by atoms with E-state index in [1.54, 1.807) is 20.8 Å². The molecule has 0 spiro atoms. The molecule has 2 atom stereocenters. The Morgan fingerprint density at radius 3 is 2.29 bits per heavy atom. The van der Waals surface area contributed by atoms with Crippen LogP contribution in [0.15, 0.2) is 0 Å². The summed E-state index contributed by atoms with van der Waals surface area (Å²) < 4.78 is 32.6. The summed E-state index contributed by atoms with van der Waals surface area (Å²) in [4.78, 5) is 23.5. The molecule has 1 fully saturated rings. The maximum absolute atomic E-state index is 11.8. The minimum absolute atomic E-state index is 0.162. The van der Waals surface area contributed by atoms with Gasteiger partial charge < -0.3 is 19.9 Å². The molecule has 0 saturated carbocycles. The van der Waals surface area contributed by atoms with Crippen molar-refractivity contribution in [2.75, 3.05) is 18.6 Å². The highest BCUT2D eigenvalue weighted by atomic mass is 32.2. The van der Waals surface area contributed by atoms with E-state index in [0.717, 1.165) is 7.11 Å². The zero-order valence-corrected chi connectivity index (χ0v) is 13.3. The van der Waals surface area contributed by atoms with Crippen molar-refractivity contribution in [2.24, 2.45) is 0 Å². The first-order valence-electron chi connectivity index (χ1n) is 6.39. The van der Waals surface area contributed by atoms with Crippen molar-refractivity contribution in [1.82, 2.24) is 5.32 Å². The number of amides is 1. The summed E-state index contributed by atoms with van der Waals surface area (Å²) in [6, 6.07) is -1.50.